The van der Waals surface area contributed by atoms with Crippen LogP contribution in [0.25, 0.3) is 0 Å². The number of carbonyl (C=O) groups excluding carboxylic acids is 2. The Morgan fingerprint density at radius 1 is 1.11 bits per heavy atom. The third-order valence-electron chi connectivity index (χ3n) is 1.09. The van der Waals surface area contributed by atoms with E-state index in [0.29, 0.717) is 0 Å². The normalized spacial score (nSPS) is 19.8. The lowest BCUT2D eigenvalue weighted by Gasteiger charge is -2.02. The standard InChI is InChI=1S/C5H6N2O2/c1-6-3-7(2)5(9)4(6)8/h1-2H3. The van der Waals surface area contributed by atoms with Gasteiger partial charge in [0.05, 0.1) is 0 Å². The summed E-state index contributed by atoms with van der Waals surface area (Å²) in [7, 11) is 2.98. The number of carbonyl (C=O) groups is 2. The minimum Gasteiger partial charge on any atom is -0.307 e. The lowest BCUT2D eigenvalue weighted by molar-refractivity contribution is -0.142. The van der Waals surface area contributed by atoms with Gasteiger partial charge < -0.3 is 9.80 Å². The van der Waals surface area contributed by atoms with Crippen molar-refractivity contribution in [2.75, 3.05) is 14.1 Å². The van der Waals surface area contributed by atoms with Crippen molar-refractivity contribution in [2.45, 2.75) is 0 Å². The average Bonchev–Trinajstić information content (AvgIpc) is 1.98. The van der Waals surface area contributed by atoms with Gasteiger partial charge in [0.25, 0.3) is 0 Å². The van der Waals surface area contributed by atoms with Crippen LogP contribution in [0.1, 0.15) is 0 Å². The molecule has 0 N–H and O–H groups in total. The van der Waals surface area contributed by atoms with Gasteiger partial charge in [0, 0.05) is 14.1 Å². The van der Waals surface area contributed by atoms with E-state index in [9.17, 15) is 9.59 Å². The van der Waals surface area contributed by atoms with E-state index in [2.05, 4.69) is 6.67 Å². The van der Waals surface area contributed by atoms with Crippen molar-refractivity contribution in [3.63, 3.8) is 0 Å². The van der Waals surface area contributed by atoms with Gasteiger partial charge in [-0.3, -0.25) is 9.59 Å². The summed E-state index contributed by atoms with van der Waals surface area (Å²) < 4.78 is 0. The summed E-state index contributed by atoms with van der Waals surface area (Å²) in [4.78, 5) is 23.4. The quantitative estimate of drug-likeness (QED) is 0.387. The minimum atomic E-state index is -0.530. The third-order valence-corrected chi connectivity index (χ3v) is 1.09. The zero-order valence-electron chi connectivity index (χ0n) is 5.21. The molecule has 4 heteroatoms. The average molecular weight is 126 g/mol. The minimum absolute atomic E-state index is 0.530. The molecular formula is C5H6N2O2. The summed E-state index contributed by atoms with van der Waals surface area (Å²) in [6.07, 6.45) is 0. The Bertz CT molecular complexity index is 148. The van der Waals surface area contributed by atoms with Crippen molar-refractivity contribution < 1.29 is 9.59 Å². The number of rotatable bonds is 0. The van der Waals surface area contributed by atoms with E-state index in [1.165, 1.54) is 14.1 Å². The Morgan fingerprint density at radius 2 is 1.44 bits per heavy atom. The second-order valence-electron chi connectivity index (χ2n) is 1.83. The Balaban J connectivity index is 2.77. The van der Waals surface area contributed by atoms with E-state index in [1.54, 1.807) is 0 Å². The van der Waals surface area contributed by atoms with Crippen LogP contribution < -0.4 is 0 Å². The molecule has 0 aromatic rings. The largest absolute Gasteiger partial charge is 0.314 e. The first-order valence-electron chi connectivity index (χ1n) is 2.45. The molecule has 1 saturated heterocycles. The van der Waals surface area contributed by atoms with E-state index >= 15 is 0 Å². The molecule has 9 heavy (non-hydrogen) atoms. The molecule has 1 fully saturated rings. The van der Waals surface area contributed by atoms with Gasteiger partial charge in [-0.15, -0.1) is 0 Å². The zero-order chi connectivity index (χ0) is 7.02. The predicted molar refractivity (Wildman–Crippen MR) is 28.8 cm³/mol. The van der Waals surface area contributed by atoms with Crippen LogP contribution in [0.3, 0.4) is 0 Å². The SMILES string of the molecule is CN1[C]N(C)C(=O)C1=O. The van der Waals surface area contributed by atoms with Crippen LogP contribution in [0.5, 0.6) is 0 Å². The zero-order valence-corrected chi connectivity index (χ0v) is 5.21. The van der Waals surface area contributed by atoms with Crippen LogP contribution in [0, 0.1) is 6.67 Å². The van der Waals surface area contributed by atoms with Gasteiger partial charge in [0.2, 0.25) is 6.67 Å². The molecular weight excluding hydrogens is 120 g/mol. The molecule has 2 radical (unpaired) electrons. The Morgan fingerprint density at radius 3 is 1.56 bits per heavy atom. The van der Waals surface area contributed by atoms with Crippen LogP contribution in [-0.2, 0) is 9.59 Å². The summed E-state index contributed by atoms with van der Waals surface area (Å²) in [5, 5.41) is 0. The summed E-state index contributed by atoms with van der Waals surface area (Å²) in [5.41, 5.74) is 0. The third kappa shape index (κ3) is 0.759. The van der Waals surface area contributed by atoms with E-state index in [1.807, 2.05) is 0 Å². The summed E-state index contributed by atoms with van der Waals surface area (Å²) in [6, 6.07) is 0. The second kappa shape index (κ2) is 1.72. The highest BCUT2D eigenvalue weighted by molar-refractivity contribution is 6.36. The van der Waals surface area contributed by atoms with Crippen LogP contribution >= 0.6 is 0 Å². The molecule has 0 aliphatic carbocycles. The van der Waals surface area contributed by atoms with E-state index < -0.39 is 11.8 Å². The van der Waals surface area contributed by atoms with Gasteiger partial charge in [-0.05, 0) is 0 Å². The molecule has 0 spiro atoms. The van der Waals surface area contributed by atoms with E-state index in [4.69, 9.17) is 0 Å². The smallest absolute Gasteiger partial charge is 0.307 e. The van der Waals surface area contributed by atoms with Crippen molar-refractivity contribution in [1.29, 1.82) is 0 Å². The van der Waals surface area contributed by atoms with Crippen LogP contribution in [0.4, 0.5) is 0 Å². The molecule has 1 aliphatic heterocycles. The lowest BCUT2D eigenvalue weighted by Crippen LogP contribution is -2.23. The van der Waals surface area contributed by atoms with Crippen molar-refractivity contribution in [1.82, 2.24) is 9.80 Å². The maximum Gasteiger partial charge on any atom is 0.314 e. The Labute approximate surface area is 53.0 Å². The van der Waals surface area contributed by atoms with Gasteiger partial charge in [-0.25, -0.2) is 0 Å². The second-order valence-corrected chi connectivity index (χ2v) is 1.83. The molecule has 4 nitrogen and oxygen atoms in total. The maximum absolute atomic E-state index is 10.6. The molecule has 0 saturated carbocycles. The first-order chi connectivity index (χ1) is 4.13. The first-order valence-corrected chi connectivity index (χ1v) is 2.45. The van der Waals surface area contributed by atoms with Crippen molar-refractivity contribution in [3.05, 3.63) is 6.67 Å². The number of nitrogens with zero attached hydrogens (tertiary/aromatic N) is 2. The Hall–Kier alpha value is -1.06. The Kier molecular flexibility index (Phi) is 1.16. The first kappa shape index (κ1) is 6.07. The van der Waals surface area contributed by atoms with Crippen molar-refractivity contribution in [2.24, 2.45) is 0 Å². The molecule has 0 unspecified atom stereocenters. The van der Waals surface area contributed by atoms with E-state index in [-0.39, 0.29) is 0 Å². The molecule has 48 valence electrons. The number of hydrogen-bond acceptors (Lipinski definition) is 2. The fourth-order valence-electron chi connectivity index (χ4n) is 0.603. The fraction of sp³-hybridized carbons (Fsp3) is 0.400. The summed E-state index contributed by atoms with van der Waals surface area (Å²) in [6.45, 7) is 2.48. The molecule has 1 aliphatic rings. The van der Waals surface area contributed by atoms with Gasteiger partial charge >= 0.3 is 11.8 Å². The highest BCUT2D eigenvalue weighted by Gasteiger charge is 2.32. The molecule has 0 aromatic carbocycles. The van der Waals surface area contributed by atoms with Crippen LogP contribution in [0.15, 0.2) is 0 Å². The van der Waals surface area contributed by atoms with E-state index in [0.717, 1.165) is 9.80 Å². The lowest BCUT2D eigenvalue weighted by atomic mass is 10.6. The fourth-order valence-corrected chi connectivity index (χ4v) is 0.603. The monoisotopic (exact) mass is 126 g/mol. The number of amides is 2. The van der Waals surface area contributed by atoms with Gasteiger partial charge in [-0.2, -0.15) is 0 Å². The van der Waals surface area contributed by atoms with Gasteiger partial charge in [0.15, 0.2) is 0 Å². The highest BCUT2D eigenvalue weighted by Crippen LogP contribution is 2.05. The topological polar surface area (TPSA) is 40.6 Å². The van der Waals surface area contributed by atoms with Crippen LogP contribution in [0.2, 0.25) is 0 Å². The van der Waals surface area contributed by atoms with Gasteiger partial charge in [-0.1, -0.05) is 0 Å². The van der Waals surface area contributed by atoms with Crippen LogP contribution in [-0.4, -0.2) is 35.7 Å². The molecule has 2 amide bonds. The number of likely N-dealkylation sites (N-methyl/N-ethyl adjacent to an activating group) is 2. The molecule has 0 atom stereocenters. The molecule has 1 rings (SSSR count). The number of hydrogen-bond donors (Lipinski definition) is 0. The highest BCUT2D eigenvalue weighted by atomic mass is 16.2. The molecule has 0 aromatic heterocycles. The molecule has 1 heterocycles. The predicted octanol–water partition coefficient (Wildman–Crippen LogP) is -1.09. The van der Waals surface area contributed by atoms with Crippen molar-refractivity contribution >= 4 is 11.8 Å². The maximum atomic E-state index is 10.6. The molecule has 0 bridgehead atoms. The summed E-state index contributed by atoms with van der Waals surface area (Å²) >= 11 is 0. The summed E-state index contributed by atoms with van der Waals surface area (Å²) in [5.74, 6) is -1.06. The van der Waals surface area contributed by atoms with Crippen molar-refractivity contribution in [3.8, 4) is 0 Å². The van der Waals surface area contributed by atoms with Gasteiger partial charge in [0.1, 0.15) is 0 Å².